The molecule has 0 amide bonds. The second-order valence-electron chi connectivity index (χ2n) is 9.44. The lowest BCUT2D eigenvalue weighted by Crippen LogP contribution is -2.33. The number of fused-ring (bicyclic) bond motifs is 1. The Bertz CT molecular complexity index is 1580. The molecule has 0 radical (unpaired) electrons. The second-order valence-corrected chi connectivity index (χ2v) is 9.84. The van der Waals surface area contributed by atoms with Crippen molar-refractivity contribution < 1.29 is 14.7 Å². The van der Waals surface area contributed by atoms with Gasteiger partial charge in [-0.2, -0.15) is 0 Å². The summed E-state index contributed by atoms with van der Waals surface area (Å²) >= 11 is 6.57. The Labute approximate surface area is 216 Å². The molecule has 5 aromatic rings. The molecule has 0 spiro atoms. The first kappa shape index (κ1) is 23.8. The Morgan fingerprint density at radius 2 is 1.72 bits per heavy atom. The third-order valence-corrected chi connectivity index (χ3v) is 7.14. The smallest absolute Gasteiger partial charge is 0.231 e. The minimum Gasteiger partial charge on any atom is -0.316 e. The number of aromatic nitrogens is 2. The number of Topliss-reactive ketones (excluding diaryl/α,β-unsaturated/α-hetero) is 1. The maximum absolute atomic E-state index is 13.3. The van der Waals surface area contributed by atoms with Crippen LogP contribution < -0.4 is 4.73 Å². The maximum atomic E-state index is 13.3. The van der Waals surface area contributed by atoms with Crippen molar-refractivity contribution in [3.63, 3.8) is 0 Å². The van der Waals surface area contributed by atoms with E-state index < -0.39 is 0 Å². The predicted octanol–water partition coefficient (Wildman–Crippen LogP) is 7.47. The molecule has 180 valence electrons. The van der Waals surface area contributed by atoms with E-state index in [2.05, 4.69) is 42.0 Å². The van der Waals surface area contributed by atoms with Crippen molar-refractivity contribution in [3.05, 3.63) is 119 Å². The predicted molar refractivity (Wildman–Crippen MR) is 144 cm³/mol. The van der Waals surface area contributed by atoms with Crippen LogP contribution in [0.4, 0.5) is 0 Å². The monoisotopic (exact) mass is 495 g/mol. The second kappa shape index (κ2) is 9.63. The van der Waals surface area contributed by atoms with Crippen molar-refractivity contribution in [1.29, 1.82) is 0 Å². The summed E-state index contributed by atoms with van der Waals surface area (Å²) in [5.41, 5.74) is 7.47. The van der Waals surface area contributed by atoms with Crippen LogP contribution in [0.1, 0.15) is 46.4 Å². The van der Waals surface area contributed by atoms with E-state index in [1.807, 2.05) is 68.4 Å². The molecular formula is C31H28ClN2O2+. The molecule has 1 N–H and O–H groups in total. The summed E-state index contributed by atoms with van der Waals surface area (Å²) in [6.45, 7) is 5.90. The number of aryl methyl sites for hydroxylation is 2. The number of pyridine rings is 1. The van der Waals surface area contributed by atoms with E-state index in [0.29, 0.717) is 17.0 Å². The molecule has 2 heterocycles. The highest BCUT2D eigenvalue weighted by molar-refractivity contribution is 6.33. The minimum absolute atomic E-state index is 0.0326. The van der Waals surface area contributed by atoms with Crippen molar-refractivity contribution >= 4 is 28.3 Å². The van der Waals surface area contributed by atoms with Gasteiger partial charge >= 0.3 is 0 Å². The summed E-state index contributed by atoms with van der Waals surface area (Å²) in [6.07, 6.45) is 4.12. The number of rotatable bonds is 6. The van der Waals surface area contributed by atoms with Crippen molar-refractivity contribution in [2.24, 2.45) is 0 Å². The van der Waals surface area contributed by atoms with Gasteiger partial charge in [-0.1, -0.05) is 66.6 Å². The molecule has 0 bridgehead atoms. The van der Waals surface area contributed by atoms with Crippen LogP contribution in [0.15, 0.2) is 91.3 Å². The fraction of sp³-hybridized carbons (Fsp3) is 0.161. The lowest BCUT2D eigenvalue weighted by Gasteiger charge is -2.11. The van der Waals surface area contributed by atoms with Crippen LogP contribution in [0.3, 0.4) is 0 Å². The van der Waals surface area contributed by atoms with Gasteiger partial charge in [-0.3, -0.25) is 10.0 Å². The molecule has 0 saturated carbocycles. The van der Waals surface area contributed by atoms with Crippen LogP contribution in [0.5, 0.6) is 0 Å². The van der Waals surface area contributed by atoms with E-state index in [-0.39, 0.29) is 11.7 Å². The summed E-state index contributed by atoms with van der Waals surface area (Å²) in [7, 11) is 0. The largest absolute Gasteiger partial charge is 0.316 e. The van der Waals surface area contributed by atoms with Crippen LogP contribution in [-0.2, 0) is 0 Å². The van der Waals surface area contributed by atoms with Crippen LogP contribution >= 0.6 is 11.6 Å². The molecule has 5 heteroatoms. The summed E-state index contributed by atoms with van der Waals surface area (Å²) in [4.78, 5) is 13.3. The Kier molecular flexibility index (Phi) is 6.38. The first-order valence-electron chi connectivity index (χ1n) is 12.0. The molecule has 36 heavy (non-hydrogen) atoms. The van der Waals surface area contributed by atoms with Crippen molar-refractivity contribution in [1.82, 2.24) is 4.57 Å². The van der Waals surface area contributed by atoms with Gasteiger partial charge in [-0.05, 0) is 43.2 Å². The Balaban J connectivity index is 1.57. The number of halogens is 1. The van der Waals surface area contributed by atoms with E-state index in [0.717, 1.165) is 43.7 Å². The highest BCUT2D eigenvalue weighted by Crippen LogP contribution is 2.37. The third kappa shape index (κ3) is 4.52. The lowest BCUT2D eigenvalue weighted by atomic mass is 9.93. The van der Waals surface area contributed by atoms with Gasteiger partial charge in [0.25, 0.3) is 0 Å². The molecule has 0 aliphatic rings. The van der Waals surface area contributed by atoms with Crippen LogP contribution in [0, 0.1) is 13.8 Å². The van der Waals surface area contributed by atoms with E-state index in [4.69, 9.17) is 11.6 Å². The van der Waals surface area contributed by atoms with Gasteiger partial charge in [-0.15, -0.1) is 0 Å². The summed E-state index contributed by atoms with van der Waals surface area (Å²) in [5.74, 6) is 0.0279. The van der Waals surface area contributed by atoms with Gasteiger partial charge in [0.15, 0.2) is 5.78 Å². The molecule has 0 aliphatic heterocycles. The van der Waals surface area contributed by atoms with Gasteiger partial charge < -0.3 is 4.57 Å². The Hall–Kier alpha value is -3.89. The van der Waals surface area contributed by atoms with E-state index >= 15 is 0 Å². The standard InChI is InChI=1S/C31H28ClN2O2/c1-20-8-13-25(14-9-20)33-19-28(26-6-4-5-7-29(26)32)27-15-12-23(17-30(27)33)31(35)16-21(2)24-11-10-22(3)34(36)18-24/h4-15,17-19,21,36H,16H2,1-3H3/q+1/t21-/m0/s1. The molecule has 1 atom stereocenters. The summed E-state index contributed by atoms with van der Waals surface area (Å²) < 4.78 is 3.23. The SMILES string of the molecule is Cc1ccc(-n2cc(-c3ccccc3Cl)c3ccc(C(=O)C[C@H](C)c4ccc(C)[n+](O)c4)cc32)cc1. The fourth-order valence-electron chi connectivity index (χ4n) is 4.60. The number of ketones is 1. The molecule has 2 aromatic heterocycles. The number of hydrogen-bond acceptors (Lipinski definition) is 2. The topological polar surface area (TPSA) is 46.1 Å². The number of hydrogen-bond donors (Lipinski definition) is 1. The Morgan fingerprint density at radius 1 is 0.972 bits per heavy atom. The molecule has 0 aliphatic carbocycles. The fourth-order valence-corrected chi connectivity index (χ4v) is 4.84. The van der Waals surface area contributed by atoms with Gasteiger partial charge in [-0.25, -0.2) is 0 Å². The number of benzene rings is 3. The zero-order chi connectivity index (χ0) is 25.4. The summed E-state index contributed by atoms with van der Waals surface area (Å²) in [6, 6.07) is 25.9. The molecule has 3 aromatic carbocycles. The van der Waals surface area contributed by atoms with E-state index in [1.54, 1.807) is 6.20 Å². The zero-order valence-electron chi connectivity index (χ0n) is 20.6. The van der Waals surface area contributed by atoms with Gasteiger partial charge in [0.1, 0.15) is 0 Å². The summed E-state index contributed by atoms with van der Waals surface area (Å²) in [5, 5.41) is 11.7. The quantitative estimate of drug-likeness (QED) is 0.151. The minimum atomic E-state index is -0.0326. The van der Waals surface area contributed by atoms with E-state index in [1.165, 1.54) is 5.56 Å². The van der Waals surface area contributed by atoms with Crippen molar-refractivity contribution in [2.75, 3.05) is 0 Å². The first-order valence-corrected chi connectivity index (χ1v) is 12.4. The van der Waals surface area contributed by atoms with Crippen molar-refractivity contribution in [3.8, 4) is 16.8 Å². The molecular weight excluding hydrogens is 468 g/mol. The molecule has 5 rings (SSSR count). The highest BCUT2D eigenvalue weighted by Gasteiger charge is 2.20. The molecule has 0 saturated heterocycles. The Morgan fingerprint density at radius 3 is 2.44 bits per heavy atom. The third-order valence-electron chi connectivity index (χ3n) is 6.81. The molecule has 0 fully saturated rings. The number of carbonyl (C=O) groups excluding carboxylic acids is 1. The lowest BCUT2D eigenvalue weighted by molar-refractivity contribution is -0.909. The average molecular weight is 496 g/mol. The van der Waals surface area contributed by atoms with Crippen molar-refractivity contribution in [2.45, 2.75) is 33.1 Å². The van der Waals surface area contributed by atoms with Crippen LogP contribution in [-0.4, -0.2) is 15.6 Å². The van der Waals surface area contributed by atoms with E-state index in [9.17, 15) is 10.0 Å². The average Bonchev–Trinajstić information content (AvgIpc) is 3.25. The van der Waals surface area contributed by atoms with Crippen LogP contribution in [0.2, 0.25) is 5.02 Å². The molecule has 0 unspecified atom stereocenters. The van der Waals surface area contributed by atoms with Gasteiger partial charge in [0.2, 0.25) is 11.9 Å². The number of carbonyl (C=O) groups is 1. The maximum Gasteiger partial charge on any atom is 0.231 e. The zero-order valence-corrected chi connectivity index (χ0v) is 21.3. The first-order chi connectivity index (χ1) is 17.3. The van der Waals surface area contributed by atoms with Gasteiger partial charge in [0, 0.05) is 68.7 Å². The normalized spacial score (nSPS) is 12.1. The number of nitrogens with zero attached hydrogens (tertiary/aromatic N) is 2. The van der Waals surface area contributed by atoms with Crippen LogP contribution in [0.25, 0.3) is 27.7 Å². The highest BCUT2D eigenvalue weighted by atomic mass is 35.5. The molecule has 4 nitrogen and oxygen atoms in total. The van der Waals surface area contributed by atoms with Gasteiger partial charge in [0.05, 0.1) is 5.52 Å².